The maximum Gasteiger partial charge on any atom is 0.338 e. The third-order valence-corrected chi connectivity index (χ3v) is 6.04. The summed E-state index contributed by atoms with van der Waals surface area (Å²) in [7, 11) is 0. The van der Waals surface area contributed by atoms with Gasteiger partial charge < -0.3 is 9.47 Å². The zero-order valence-electron chi connectivity index (χ0n) is 22.5. The quantitative estimate of drug-likeness (QED) is 0.226. The molecule has 0 amide bonds. The third-order valence-electron chi connectivity index (χ3n) is 6.04. The molecule has 0 heterocycles. The van der Waals surface area contributed by atoms with Crippen LogP contribution in [0.2, 0.25) is 0 Å². The normalized spacial score (nSPS) is 12.8. The molecule has 0 spiro atoms. The zero-order valence-corrected chi connectivity index (χ0v) is 22.5. The Hall–Kier alpha value is -3.54. The van der Waals surface area contributed by atoms with Gasteiger partial charge in [0.1, 0.15) is 25.6 Å². The molecule has 3 aromatic carbocycles. The first-order valence-electron chi connectivity index (χ1n) is 13.1. The Morgan fingerprint density at radius 3 is 1.08 bits per heavy atom. The second-order valence-corrected chi connectivity index (χ2v) is 10.4. The molecule has 0 aliphatic rings. The number of hydrogen-bond acceptors (Lipinski definition) is 4. The molecule has 3 rings (SSSR count). The maximum absolute atomic E-state index is 13.8. The minimum absolute atomic E-state index is 0.202. The molecule has 38 heavy (non-hydrogen) atoms. The summed E-state index contributed by atoms with van der Waals surface area (Å²) in [5.74, 6) is -0.668. The Labute approximate surface area is 224 Å². The Balaban J connectivity index is 1.57. The number of rotatable bonds is 12. The summed E-state index contributed by atoms with van der Waals surface area (Å²) in [6.07, 6.45) is -1.60. The molecule has 4 nitrogen and oxygen atoms in total. The highest BCUT2D eigenvalue weighted by molar-refractivity contribution is 5.91. The van der Waals surface area contributed by atoms with E-state index in [2.05, 4.69) is 0 Å². The van der Waals surface area contributed by atoms with Crippen LogP contribution < -0.4 is 0 Å². The topological polar surface area (TPSA) is 52.6 Å². The van der Waals surface area contributed by atoms with Crippen molar-refractivity contribution in [3.05, 3.63) is 83.9 Å². The molecule has 6 heteroatoms. The Morgan fingerprint density at radius 2 is 0.816 bits per heavy atom. The highest BCUT2D eigenvalue weighted by Gasteiger charge is 2.15. The zero-order chi connectivity index (χ0) is 27.7. The van der Waals surface area contributed by atoms with Gasteiger partial charge in [0.05, 0.1) is 11.1 Å². The van der Waals surface area contributed by atoms with Crippen molar-refractivity contribution in [1.29, 1.82) is 0 Å². The highest BCUT2D eigenvalue weighted by Crippen LogP contribution is 2.26. The second kappa shape index (κ2) is 13.8. The molecule has 0 aliphatic carbocycles. The number of alkyl halides is 2. The molecule has 3 aromatic rings. The van der Waals surface area contributed by atoms with Crippen molar-refractivity contribution in [2.24, 2.45) is 11.8 Å². The minimum Gasteiger partial charge on any atom is -0.459 e. The molecule has 202 valence electrons. The number of benzene rings is 3. The summed E-state index contributed by atoms with van der Waals surface area (Å²) < 4.78 is 37.8. The van der Waals surface area contributed by atoms with Crippen molar-refractivity contribution in [2.75, 3.05) is 13.2 Å². The standard InChI is InChI=1S/C32H36F2O4/c1-21(2)17-29(33)19-37-31(35)27-13-9-25(10-14-27)23-5-7-24(8-6-23)26-11-15-28(16-12-26)32(36)38-20-30(34)18-22(3)4/h5-16,21-22,29-30H,17-20H2,1-4H3/t29-,30-/m1/s1. The summed E-state index contributed by atoms with van der Waals surface area (Å²) in [6, 6.07) is 21.9. The summed E-state index contributed by atoms with van der Waals surface area (Å²) in [4.78, 5) is 24.4. The maximum atomic E-state index is 13.8. The van der Waals surface area contributed by atoms with Crippen LogP contribution in [-0.4, -0.2) is 37.5 Å². The van der Waals surface area contributed by atoms with Gasteiger partial charge in [0, 0.05) is 0 Å². The third kappa shape index (κ3) is 8.79. The average Bonchev–Trinajstić information content (AvgIpc) is 2.90. The number of carbonyl (C=O) groups is 2. The molecule has 0 aromatic heterocycles. The summed E-state index contributed by atoms with van der Waals surface area (Å²) in [5, 5.41) is 0. The number of ether oxygens (including phenoxy) is 2. The van der Waals surface area contributed by atoms with Crippen LogP contribution in [0.3, 0.4) is 0 Å². The molecule has 0 saturated heterocycles. The summed E-state index contributed by atoms with van der Waals surface area (Å²) >= 11 is 0. The summed E-state index contributed by atoms with van der Waals surface area (Å²) in [5.41, 5.74) is 4.55. The van der Waals surface area contributed by atoms with Crippen LogP contribution in [0.25, 0.3) is 22.3 Å². The molecule has 0 aliphatic heterocycles. The smallest absolute Gasteiger partial charge is 0.338 e. The van der Waals surface area contributed by atoms with Crippen LogP contribution in [0.5, 0.6) is 0 Å². The molecular formula is C32H36F2O4. The fourth-order valence-corrected chi connectivity index (χ4v) is 4.11. The van der Waals surface area contributed by atoms with Crippen molar-refractivity contribution in [3.63, 3.8) is 0 Å². The van der Waals surface area contributed by atoms with Gasteiger partial charge in [-0.05, 0) is 71.2 Å². The fraction of sp³-hybridized carbons (Fsp3) is 0.375. The van der Waals surface area contributed by atoms with Gasteiger partial charge in [-0.15, -0.1) is 0 Å². The van der Waals surface area contributed by atoms with Crippen LogP contribution >= 0.6 is 0 Å². The van der Waals surface area contributed by atoms with Crippen LogP contribution in [0, 0.1) is 11.8 Å². The highest BCUT2D eigenvalue weighted by atomic mass is 19.1. The fourth-order valence-electron chi connectivity index (χ4n) is 4.11. The van der Waals surface area contributed by atoms with Gasteiger partial charge >= 0.3 is 11.9 Å². The van der Waals surface area contributed by atoms with Gasteiger partial charge in [0.15, 0.2) is 0 Å². The Kier molecular flexibility index (Phi) is 10.6. The summed E-state index contributed by atoms with van der Waals surface area (Å²) in [6.45, 7) is 7.22. The van der Waals surface area contributed by atoms with E-state index in [9.17, 15) is 18.4 Å². The predicted molar refractivity (Wildman–Crippen MR) is 147 cm³/mol. The van der Waals surface area contributed by atoms with Crippen LogP contribution in [0.4, 0.5) is 8.78 Å². The van der Waals surface area contributed by atoms with E-state index in [1.807, 2.05) is 76.2 Å². The minimum atomic E-state index is -1.16. The first kappa shape index (κ1) is 29.0. The molecule has 0 N–H and O–H groups in total. The van der Waals surface area contributed by atoms with Crippen LogP contribution in [0.15, 0.2) is 72.8 Å². The van der Waals surface area contributed by atoms with Gasteiger partial charge in [-0.2, -0.15) is 0 Å². The molecule has 0 unspecified atom stereocenters. The second-order valence-electron chi connectivity index (χ2n) is 10.4. The van der Waals surface area contributed by atoms with Crippen molar-refractivity contribution >= 4 is 11.9 Å². The Bertz CT molecular complexity index is 1080. The number of hydrogen-bond donors (Lipinski definition) is 0. The average molecular weight is 523 g/mol. The number of esters is 2. The lowest BCUT2D eigenvalue weighted by Gasteiger charge is -2.12. The van der Waals surface area contributed by atoms with Gasteiger partial charge in [-0.3, -0.25) is 0 Å². The molecule has 0 bridgehead atoms. The van der Waals surface area contributed by atoms with E-state index in [-0.39, 0.29) is 25.0 Å². The van der Waals surface area contributed by atoms with Gasteiger partial charge in [-0.1, -0.05) is 76.2 Å². The molecule has 2 atom stereocenters. The molecule has 0 radical (unpaired) electrons. The van der Waals surface area contributed by atoms with Crippen molar-refractivity contribution in [3.8, 4) is 22.3 Å². The van der Waals surface area contributed by atoms with Gasteiger partial charge in [0.2, 0.25) is 0 Å². The number of halogens is 2. The SMILES string of the molecule is CC(C)C[C@@H](F)COC(=O)c1ccc(-c2ccc(-c3ccc(C(=O)OC[C@H](F)CC(C)C)cc3)cc2)cc1. The van der Waals surface area contributed by atoms with Crippen LogP contribution in [0.1, 0.15) is 61.3 Å². The van der Waals surface area contributed by atoms with E-state index in [4.69, 9.17) is 9.47 Å². The van der Waals surface area contributed by atoms with E-state index in [1.165, 1.54) is 0 Å². The largest absolute Gasteiger partial charge is 0.459 e. The van der Waals surface area contributed by atoms with Crippen molar-refractivity contribution in [2.45, 2.75) is 52.9 Å². The van der Waals surface area contributed by atoms with E-state index >= 15 is 0 Å². The number of carbonyl (C=O) groups excluding carboxylic acids is 2. The lowest BCUT2D eigenvalue weighted by molar-refractivity contribution is 0.0372. The van der Waals surface area contributed by atoms with Crippen molar-refractivity contribution < 1.29 is 27.8 Å². The van der Waals surface area contributed by atoms with E-state index in [0.717, 1.165) is 22.3 Å². The van der Waals surface area contributed by atoms with Gasteiger partial charge in [-0.25, -0.2) is 18.4 Å². The van der Waals surface area contributed by atoms with Crippen LogP contribution in [-0.2, 0) is 9.47 Å². The van der Waals surface area contributed by atoms with Crippen molar-refractivity contribution in [1.82, 2.24) is 0 Å². The molecular weight excluding hydrogens is 486 g/mol. The lowest BCUT2D eigenvalue weighted by Crippen LogP contribution is -2.16. The predicted octanol–water partition coefficient (Wildman–Crippen LogP) is 8.10. The molecule has 0 fully saturated rings. The lowest BCUT2D eigenvalue weighted by atomic mass is 9.99. The van der Waals surface area contributed by atoms with E-state index in [0.29, 0.717) is 24.0 Å². The van der Waals surface area contributed by atoms with Gasteiger partial charge in [0.25, 0.3) is 0 Å². The first-order valence-corrected chi connectivity index (χ1v) is 13.1. The van der Waals surface area contributed by atoms with E-state index in [1.54, 1.807) is 24.3 Å². The Morgan fingerprint density at radius 1 is 0.553 bits per heavy atom. The van der Waals surface area contributed by atoms with E-state index < -0.39 is 24.3 Å². The first-order chi connectivity index (χ1) is 18.1. The molecule has 0 saturated carbocycles. The monoisotopic (exact) mass is 522 g/mol.